The lowest BCUT2D eigenvalue weighted by molar-refractivity contribution is 0.0745. The molecule has 148 valence electrons. The van der Waals surface area contributed by atoms with E-state index in [1.807, 2.05) is 30.0 Å². The molecule has 2 aliphatic rings. The van der Waals surface area contributed by atoms with Gasteiger partial charge < -0.3 is 19.6 Å². The van der Waals surface area contributed by atoms with Gasteiger partial charge in [-0.25, -0.2) is 15.0 Å². The smallest absolute Gasteiger partial charge is 0.257 e. The Morgan fingerprint density at radius 1 is 0.929 bits per heavy atom. The van der Waals surface area contributed by atoms with E-state index >= 15 is 0 Å². The zero-order valence-corrected chi connectivity index (χ0v) is 16.6. The van der Waals surface area contributed by atoms with Gasteiger partial charge in [-0.2, -0.15) is 0 Å². The molecule has 0 radical (unpaired) electrons. The Kier molecular flexibility index (Phi) is 5.38. The van der Waals surface area contributed by atoms with Crippen molar-refractivity contribution in [2.45, 2.75) is 6.92 Å². The first kappa shape index (κ1) is 18.6. The number of piperazine rings is 2. The maximum atomic E-state index is 13.0. The van der Waals surface area contributed by atoms with Crippen molar-refractivity contribution in [1.29, 1.82) is 0 Å². The molecule has 0 saturated carbocycles. The van der Waals surface area contributed by atoms with Crippen molar-refractivity contribution in [3.63, 3.8) is 0 Å². The van der Waals surface area contributed by atoms with E-state index in [4.69, 9.17) is 0 Å². The predicted octanol–water partition coefficient (Wildman–Crippen LogP) is 0.894. The quantitative estimate of drug-likeness (QED) is 0.782. The molecule has 0 aliphatic carbocycles. The van der Waals surface area contributed by atoms with Crippen LogP contribution in [0.15, 0.2) is 30.6 Å². The summed E-state index contributed by atoms with van der Waals surface area (Å²) in [5, 5.41) is 0. The molecule has 0 bridgehead atoms. The zero-order chi connectivity index (χ0) is 19.5. The summed E-state index contributed by atoms with van der Waals surface area (Å²) in [6.07, 6.45) is 3.50. The van der Waals surface area contributed by atoms with Crippen LogP contribution < -0.4 is 9.80 Å². The molecule has 2 fully saturated rings. The minimum atomic E-state index is 0.0168. The number of nitrogens with zero attached hydrogens (tertiary/aromatic N) is 7. The Balaban J connectivity index is 1.40. The fourth-order valence-corrected chi connectivity index (χ4v) is 3.67. The summed E-state index contributed by atoms with van der Waals surface area (Å²) in [5.41, 5.74) is 1.35. The normalized spacial score (nSPS) is 18.4. The van der Waals surface area contributed by atoms with Crippen LogP contribution in [0.1, 0.15) is 16.1 Å². The van der Waals surface area contributed by atoms with E-state index in [1.54, 1.807) is 12.4 Å². The molecule has 2 aliphatic heterocycles. The third kappa shape index (κ3) is 3.91. The summed E-state index contributed by atoms with van der Waals surface area (Å²) in [7, 11) is 2.12. The molecule has 8 heteroatoms. The van der Waals surface area contributed by atoms with Gasteiger partial charge in [0, 0.05) is 64.8 Å². The Morgan fingerprint density at radius 3 is 2.29 bits per heavy atom. The number of hydrogen-bond acceptors (Lipinski definition) is 7. The molecule has 0 N–H and O–H groups in total. The van der Waals surface area contributed by atoms with Crippen molar-refractivity contribution in [3.05, 3.63) is 41.9 Å². The highest BCUT2D eigenvalue weighted by molar-refractivity contribution is 5.95. The van der Waals surface area contributed by atoms with Crippen molar-refractivity contribution in [2.75, 3.05) is 69.2 Å². The van der Waals surface area contributed by atoms with Crippen LogP contribution in [0.2, 0.25) is 0 Å². The number of pyridine rings is 1. The van der Waals surface area contributed by atoms with E-state index in [2.05, 4.69) is 36.7 Å². The molecule has 2 aromatic heterocycles. The highest BCUT2D eigenvalue weighted by atomic mass is 16.2. The average molecular weight is 381 g/mol. The van der Waals surface area contributed by atoms with Gasteiger partial charge in [0.1, 0.15) is 5.82 Å². The molecule has 0 aromatic carbocycles. The number of likely N-dealkylation sites (N-methyl/N-ethyl adjacent to an activating group) is 1. The van der Waals surface area contributed by atoms with Gasteiger partial charge >= 0.3 is 0 Å². The number of hydrogen-bond donors (Lipinski definition) is 0. The van der Waals surface area contributed by atoms with Crippen molar-refractivity contribution >= 4 is 17.7 Å². The van der Waals surface area contributed by atoms with E-state index in [1.165, 1.54) is 0 Å². The van der Waals surface area contributed by atoms with Crippen LogP contribution in [-0.4, -0.2) is 90.1 Å². The third-order valence-corrected chi connectivity index (χ3v) is 5.52. The number of amides is 1. The third-order valence-electron chi connectivity index (χ3n) is 5.52. The molecular weight excluding hydrogens is 354 g/mol. The van der Waals surface area contributed by atoms with Gasteiger partial charge in [-0.3, -0.25) is 4.79 Å². The molecule has 8 nitrogen and oxygen atoms in total. The van der Waals surface area contributed by atoms with E-state index < -0.39 is 0 Å². The van der Waals surface area contributed by atoms with Crippen LogP contribution in [0.5, 0.6) is 0 Å². The molecule has 2 saturated heterocycles. The average Bonchev–Trinajstić information content (AvgIpc) is 2.74. The van der Waals surface area contributed by atoms with Crippen LogP contribution in [0.25, 0.3) is 0 Å². The fraction of sp³-hybridized carbons (Fsp3) is 0.500. The topological polar surface area (TPSA) is 68.7 Å². The Labute approximate surface area is 165 Å². The number of rotatable bonds is 3. The van der Waals surface area contributed by atoms with Gasteiger partial charge in [0.2, 0.25) is 5.95 Å². The number of carbonyl (C=O) groups excluding carboxylic acids is 1. The highest BCUT2D eigenvalue weighted by Gasteiger charge is 2.25. The standard InChI is InChI=1S/C20H27N7O/c1-16-17(15-22-20(23-16)27-9-7-24(2)8-10-27)19(28)26-13-11-25(12-14-26)18-5-3-4-6-21-18/h3-6,15H,7-14H2,1-2H3. The number of aryl methyl sites for hydroxylation is 1. The van der Waals surface area contributed by atoms with E-state index in [0.29, 0.717) is 18.7 Å². The molecule has 4 heterocycles. The number of anilines is 2. The van der Waals surface area contributed by atoms with Crippen LogP contribution in [0.4, 0.5) is 11.8 Å². The first-order valence-electron chi connectivity index (χ1n) is 9.84. The van der Waals surface area contributed by atoms with Crippen molar-refractivity contribution in [3.8, 4) is 0 Å². The lowest BCUT2D eigenvalue weighted by atomic mass is 10.2. The maximum Gasteiger partial charge on any atom is 0.257 e. The number of carbonyl (C=O) groups is 1. The second kappa shape index (κ2) is 8.10. The monoisotopic (exact) mass is 381 g/mol. The van der Waals surface area contributed by atoms with E-state index in [0.717, 1.165) is 56.7 Å². The van der Waals surface area contributed by atoms with Crippen LogP contribution >= 0.6 is 0 Å². The lowest BCUT2D eigenvalue weighted by Crippen LogP contribution is -2.49. The van der Waals surface area contributed by atoms with Gasteiger partial charge in [-0.15, -0.1) is 0 Å². The Morgan fingerprint density at radius 2 is 1.64 bits per heavy atom. The van der Waals surface area contributed by atoms with E-state index in [9.17, 15) is 4.79 Å². The molecular formula is C20H27N7O. The summed E-state index contributed by atoms with van der Waals surface area (Å²) in [5.74, 6) is 1.70. The summed E-state index contributed by atoms with van der Waals surface area (Å²) in [6.45, 7) is 8.65. The highest BCUT2D eigenvalue weighted by Crippen LogP contribution is 2.17. The summed E-state index contributed by atoms with van der Waals surface area (Å²) in [4.78, 5) is 35.1. The summed E-state index contributed by atoms with van der Waals surface area (Å²) >= 11 is 0. The SMILES string of the molecule is Cc1nc(N2CCN(C)CC2)ncc1C(=O)N1CCN(c2ccccn2)CC1. The van der Waals surface area contributed by atoms with Crippen molar-refractivity contribution in [2.24, 2.45) is 0 Å². The maximum absolute atomic E-state index is 13.0. The minimum Gasteiger partial charge on any atom is -0.353 e. The van der Waals surface area contributed by atoms with Crippen molar-refractivity contribution in [1.82, 2.24) is 24.8 Å². The van der Waals surface area contributed by atoms with Crippen LogP contribution in [-0.2, 0) is 0 Å². The van der Waals surface area contributed by atoms with Gasteiger partial charge in [-0.05, 0) is 26.1 Å². The van der Waals surface area contributed by atoms with Gasteiger partial charge in [0.25, 0.3) is 5.91 Å². The second-order valence-electron chi connectivity index (χ2n) is 7.43. The minimum absolute atomic E-state index is 0.0168. The van der Waals surface area contributed by atoms with Gasteiger partial charge in [0.05, 0.1) is 11.3 Å². The summed E-state index contributed by atoms with van der Waals surface area (Å²) < 4.78 is 0. The lowest BCUT2D eigenvalue weighted by Gasteiger charge is -2.35. The molecule has 28 heavy (non-hydrogen) atoms. The molecule has 0 spiro atoms. The fourth-order valence-electron chi connectivity index (χ4n) is 3.67. The van der Waals surface area contributed by atoms with Gasteiger partial charge in [0.15, 0.2) is 0 Å². The van der Waals surface area contributed by atoms with Crippen LogP contribution in [0.3, 0.4) is 0 Å². The molecule has 2 aromatic rings. The molecule has 0 unspecified atom stereocenters. The Bertz CT molecular complexity index is 813. The predicted molar refractivity (Wildman–Crippen MR) is 109 cm³/mol. The summed E-state index contributed by atoms with van der Waals surface area (Å²) in [6, 6.07) is 5.91. The van der Waals surface area contributed by atoms with Crippen molar-refractivity contribution < 1.29 is 4.79 Å². The number of aromatic nitrogens is 3. The molecule has 4 rings (SSSR count). The molecule has 1 amide bonds. The van der Waals surface area contributed by atoms with Gasteiger partial charge in [-0.1, -0.05) is 6.07 Å². The second-order valence-corrected chi connectivity index (χ2v) is 7.43. The largest absolute Gasteiger partial charge is 0.353 e. The van der Waals surface area contributed by atoms with E-state index in [-0.39, 0.29) is 5.91 Å². The van der Waals surface area contributed by atoms with Crippen LogP contribution in [0, 0.1) is 6.92 Å². The first-order chi connectivity index (χ1) is 13.6. The first-order valence-corrected chi connectivity index (χ1v) is 9.84. The molecule has 0 atom stereocenters. The Hall–Kier alpha value is -2.74. The zero-order valence-electron chi connectivity index (χ0n) is 16.6.